The Balaban J connectivity index is 1.90. The number of nitrogens with zero attached hydrogens (tertiary/aromatic N) is 1. The third-order valence-electron chi connectivity index (χ3n) is 2.52. The summed E-state index contributed by atoms with van der Waals surface area (Å²) in [6, 6.07) is 0.114. The van der Waals surface area contributed by atoms with E-state index in [9.17, 15) is 0 Å². The molecule has 1 aromatic heterocycles. The maximum atomic E-state index is 6.06. The van der Waals surface area contributed by atoms with E-state index in [0.29, 0.717) is 0 Å². The summed E-state index contributed by atoms with van der Waals surface area (Å²) in [5.41, 5.74) is 7.15. The van der Waals surface area contributed by atoms with Gasteiger partial charge in [-0.15, -0.1) is 11.3 Å². The molecule has 1 fully saturated rings. The molecule has 3 nitrogen and oxygen atoms in total. The third-order valence-corrected chi connectivity index (χ3v) is 3.51. The highest BCUT2D eigenvalue weighted by Crippen LogP contribution is 2.18. The topological polar surface area (TPSA) is 48.1 Å². The maximum Gasteiger partial charge on any atom is 0.0944 e. The number of aromatic nitrogens is 1. The number of thiazole rings is 1. The van der Waals surface area contributed by atoms with Crippen LogP contribution in [0.25, 0.3) is 0 Å². The zero-order valence-corrected chi connectivity index (χ0v) is 9.22. The molecule has 1 aromatic rings. The molecule has 1 saturated heterocycles. The summed E-state index contributed by atoms with van der Waals surface area (Å²) in [5, 5.41) is 3.20. The quantitative estimate of drug-likeness (QED) is 0.826. The second-order valence-electron chi connectivity index (χ2n) is 3.80. The van der Waals surface area contributed by atoms with Crippen LogP contribution in [0, 0.1) is 6.92 Å². The van der Waals surface area contributed by atoms with Gasteiger partial charge in [0, 0.05) is 30.1 Å². The van der Waals surface area contributed by atoms with Crippen LogP contribution in [0.15, 0.2) is 5.38 Å². The first-order valence-corrected chi connectivity index (χ1v) is 5.92. The Morgan fingerprint density at radius 3 is 3.21 bits per heavy atom. The van der Waals surface area contributed by atoms with Crippen molar-refractivity contribution in [2.45, 2.75) is 38.3 Å². The highest BCUT2D eigenvalue weighted by molar-refractivity contribution is 7.09. The van der Waals surface area contributed by atoms with E-state index in [1.807, 2.05) is 6.92 Å². The zero-order valence-electron chi connectivity index (χ0n) is 8.40. The average molecular weight is 212 g/mol. The van der Waals surface area contributed by atoms with Gasteiger partial charge in [-0.05, 0) is 19.8 Å². The molecule has 0 spiro atoms. The molecule has 2 atom stereocenters. The molecule has 2 unspecified atom stereocenters. The SMILES string of the molecule is Cc1csc(CC(N)C2CCCO2)n1. The van der Waals surface area contributed by atoms with Gasteiger partial charge in [0.25, 0.3) is 0 Å². The first-order chi connectivity index (χ1) is 6.75. The molecular weight excluding hydrogens is 196 g/mol. The van der Waals surface area contributed by atoms with E-state index < -0.39 is 0 Å². The van der Waals surface area contributed by atoms with Crippen molar-refractivity contribution in [1.29, 1.82) is 0 Å². The van der Waals surface area contributed by atoms with Gasteiger partial charge in [-0.25, -0.2) is 4.98 Å². The fourth-order valence-corrected chi connectivity index (χ4v) is 2.61. The van der Waals surface area contributed by atoms with Gasteiger partial charge < -0.3 is 10.5 Å². The summed E-state index contributed by atoms with van der Waals surface area (Å²) in [6.07, 6.45) is 3.35. The smallest absolute Gasteiger partial charge is 0.0944 e. The predicted molar refractivity (Wildman–Crippen MR) is 57.5 cm³/mol. The van der Waals surface area contributed by atoms with E-state index in [-0.39, 0.29) is 12.1 Å². The van der Waals surface area contributed by atoms with Crippen molar-refractivity contribution >= 4 is 11.3 Å². The van der Waals surface area contributed by atoms with Crippen LogP contribution < -0.4 is 5.73 Å². The van der Waals surface area contributed by atoms with Crippen molar-refractivity contribution < 1.29 is 4.74 Å². The van der Waals surface area contributed by atoms with Gasteiger partial charge in [-0.2, -0.15) is 0 Å². The molecule has 1 aliphatic rings. The van der Waals surface area contributed by atoms with Crippen LogP contribution in [0.5, 0.6) is 0 Å². The lowest BCUT2D eigenvalue weighted by Crippen LogP contribution is -2.36. The Morgan fingerprint density at radius 1 is 1.79 bits per heavy atom. The highest BCUT2D eigenvalue weighted by atomic mass is 32.1. The first kappa shape index (κ1) is 10.1. The Bertz CT molecular complexity index is 294. The van der Waals surface area contributed by atoms with E-state index in [2.05, 4.69) is 10.4 Å². The highest BCUT2D eigenvalue weighted by Gasteiger charge is 2.23. The fraction of sp³-hybridized carbons (Fsp3) is 0.700. The Labute approximate surface area is 88.3 Å². The van der Waals surface area contributed by atoms with Crippen LogP contribution in [-0.4, -0.2) is 23.7 Å². The third kappa shape index (κ3) is 2.32. The molecule has 4 heteroatoms. The van der Waals surface area contributed by atoms with Crippen LogP contribution in [0.1, 0.15) is 23.5 Å². The Morgan fingerprint density at radius 2 is 2.64 bits per heavy atom. The van der Waals surface area contributed by atoms with Crippen molar-refractivity contribution in [3.8, 4) is 0 Å². The van der Waals surface area contributed by atoms with Crippen molar-refractivity contribution in [3.63, 3.8) is 0 Å². The van der Waals surface area contributed by atoms with Crippen molar-refractivity contribution in [1.82, 2.24) is 4.98 Å². The normalized spacial score (nSPS) is 24.0. The van der Waals surface area contributed by atoms with E-state index in [4.69, 9.17) is 10.5 Å². The summed E-state index contributed by atoms with van der Waals surface area (Å²) in [6.45, 7) is 2.88. The van der Waals surface area contributed by atoms with Gasteiger partial charge in [0.2, 0.25) is 0 Å². The average Bonchev–Trinajstić information content (AvgIpc) is 2.75. The summed E-state index contributed by atoms with van der Waals surface area (Å²) in [7, 11) is 0. The molecule has 14 heavy (non-hydrogen) atoms. The molecule has 2 N–H and O–H groups in total. The molecule has 2 rings (SSSR count). The molecule has 0 aromatic carbocycles. The molecular formula is C10H16N2OS. The van der Waals surface area contributed by atoms with E-state index in [0.717, 1.165) is 36.6 Å². The van der Waals surface area contributed by atoms with Gasteiger partial charge in [0.05, 0.1) is 11.1 Å². The van der Waals surface area contributed by atoms with Crippen molar-refractivity contribution in [3.05, 3.63) is 16.1 Å². The van der Waals surface area contributed by atoms with Gasteiger partial charge in [0.15, 0.2) is 0 Å². The largest absolute Gasteiger partial charge is 0.377 e. The van der Waals surface area contributed by atoms with Crippen molar-refractivity contribution in [2.75, 3.05) is 6.61 Å². The van der Waals surface area contributed by atoms with Gasteiger partial charge in [0.1, 0.15) is 0 Å². The monoisotopic (exact) mass is 212 g/mol. The summed E-state index contributed by atoms with van der Waals surface area (Å²) in [4.78, 5) is 4.41. The van der Waals surface area contributed by atoms with E-state index in [1.165, 1.54) is 0 Å². The number of ether oxygens (including phenoxy) is 1. The van der Waals surface area contributed by atoms with Crippen LogP contribution >= 0.6 is 11.3 Å². The fourth-order valence-electron chi connectivity index (χ4n) is 1.77. The molecule has 0 aliphatic carbocycles. The summed E-state index contributed by atoms with van der Waals surface area (Å²) < 4.78 is 5.55. The maximum absolute atomic E-state index is 6.06. The molecule has 0 amide bonds. The summed E-state index contributed by atoms with van der Waals surface area (Å²) in [5.74, 6) is 0. The second-order valence-corrected chi connectivity index (χ2v) is 4.74. The lowest BCUT2D eigenvalue weighted by Gasteiger charge is -2.16. The van der Waals surface area contributed by atoms with Gasteiger partial charge >= 0.3 is 0 Å². The second kappa shape index (κ2) is 4.38. The van der Waals surface area contributed by atoms with Crippen LogP contribution in [-0.2, 0) is 11.2 Å². The number of hydrogen-bond acceptors (Lipinski definition) is 4. The van der Waals surface area contributed by atoms with E-state index in [1.54, 1.807) is 11.3 Å². The number of rotatable bonds is 3. The van der Waals surface area contributed by atoms with Crippen LogP contribution in [0.3, 0.4) is 0 Å². The number of aryl methyl sites for hydroxylation is 1. The standard InChI is InChI=1S/C10H16N2OS/c1-7-6-14-10(12-7)5-8(11)9-3-2-4-13-9/h6,8-9H,2-5,11H2,1H3. The molecule has 0 radical (unpaired) electrons. The molecule has 2 heterocycles. The van der Waals surface area contributed by atoms with Gasteiger partial charge in [-0.3, -0.25) is 0 Å². The minimum Gasteiger partial charge on any atom is -0.377 e. The predicted octanol–water partition coefficient (Wildman–Crippen LogP) is 1.50. The van der Waals surface area contributed by atoms with Crippen LogP contribution in [0.4, 0.5) is 0 Å². The number of hydrogen-bond donors (Lipinski definition) is 1. The lowest BCUT2D eigenvalue weighted by molar-refractivity contribution is 0.0900. The first-order valence-electron chi connectivity index (χ1n) is 5.04. The summed E-state index contributed by atoms with van der Waals surface area (Å²) >= 11 is 1.69. The lowest BCUT2D eigenvalue weighted by atomic mass is 10.1. The Kier molecular flexibility index (Phi) is 3.15. The minimum absolute atomic E-state index is 0.114. The zero-order chi connectivity index (χ0) is 9.97. The van der Waals surface area contributed by atoms with Crippen LogP contribution in [0.2, 0.25) is 0 Å². The molecule has 0 bridgehead atoms. The Hall–Kier alpha value is -0.450. The molecule has 78 valence electrons. The number of nitrogens with two attached hydrogens (primary N) is 1. The van der Waals surface area contributed by atoms with Gasteiger partial charge in [-0.1, -0.05) is 0 Å². The van der Waals surface area contributed by atoms with Crippen molar-refractivity contribution in [2.24, 2.45) is 5.73 Å². The minimum atomic E-state index is 0.114. The molecule has 1 aliphatic heterocycles. The molecule has 0 saturated carbocycles. The van der Waals surface area contributed by atoms with E-state index >= 15 is 0 Å².